The lowest BCUT2D eigenvalue weighted by Gasteiger charge is -2.36. The van der Waals surface area contributed by atoms with Crippen LogP contribution in [0, 0.1) is 5.92 Å². The second-order valence-electron chi connectivity index (χ2n) is 7.02. The first-order valence-electron chi connectivity index (χ1n) is 7.55. The van der Waals surface area contributed by atoms with E-state index in [1.807, 2.05) is 6.92 Å². The molecular weight excluding hydrogens is 254 g/mol. The van der Waals surface area contributed by atoms with Crippen LogP contribution in [0.2, 0.25) is 0 Å². The Kier molecular flexibility index (Phi) is 4.49. The first-order chi connectivity index (χ1) is 9.29. The van der Waals surface area contributed by atoms with Gasteiger partial charge in [0.1, 0.15) is 0 Å². The lowest BCUT2D eigenvalue weighted by molar-refractivity contribution is 0.0403. The first kappa shape index (κ1) is 15.4. The van der Waals surface area contributed by atoms with Crippen molar-refractivity contribution in [3.05, 3.63) is 11.7 Å². The van der Waals surface area contributed by atoms with Gasteiger partial charge in [0.05, 0.1) is 12.1 Å². The molecule has 0 amide bonds. The summed E-state index contributed by atoms with van der Waals surface area (Å²) in [5.41, 5.74) is -0.0917. The summed E-state index contributed by atoms with van der Waals surface area (Å²) in [6, 6.07) is 0.111. The van der Waals surface area contributed by atoms with Gasteiger partial charge in [-0.3, -0.25) is 4.90 Å². The highest BCUT2D eigenvalue weighted by Crippen LogP contribution is 2.28. The minimum Gasteiger partial charge on any atom is -0.393 e. The number of piperidine rings is 1. The summed E-state index contributed by atoms with van der Waals surface area (Å²) in [6.45, 7) is 12.1. The quantitative estimate of drug-likeness (QED) is 0.922. The molecular formula is C15H27N3O2. The van der Waals surface area contributed by atoms with Gasteiger partial charge in [-0.05, 0) is 39.2 Å². The SMILES string of the molecule is CC(O)C1CCCN(C(C)c2nc(C(C)(C)C)no2)C1. The Morgan fingerprint density at radius 1 is 1.35 bits per heavy atom. The van der Waals surface area contributed by atoms with Gasteiger partial charge in [0.2, 0.25) is 5.89 Å². The molecule has 0 spiro atoms. The molecule has 1 aromatic rings. The fourth-order valence-electron chi connectivity index (χ4n) is 2.65. The van der Waals surface area contributed by atoms with Gasteiger partial charge in [0.25, 0.3) is 0 Å². The molecule has 2 rings (SSSR count). The van der Waals surface area contributed by atoms with Crippen LogP contribution in [0.3, 0.4) is 0 Å². The summed E-state index contributed by atoms with van der Waals surface area (Å²) < 4.78 is 5.44. The fourth-order valence-corrected chi connectivity index (χ4v) is 2.65. The number of hydrogen-bond donors (Lipinski definition) is 1. The summed E-state index contributed by atoms with van der Waals surface area (Å²) in [4.78, 5) is 6.88. The zero-order chi connectivity index (χ0) is 14.9. The van der Waals surface area contributed by atoms with Gasteiger partial charge in [-0.15, -0.1) is 0 Å². The highest BCUT2D eigenvalue weighted by atomic mass is 16.5. The van der Waals surface area contributed by atoms with E-state index in [9.17, 15) is 5.11 Å². The summed E-state index contributed by atoms with van der Waals surface area (Å²) in [5, 5.41) is 13.9. The molecule has 1 N–H and O–H groups in total. The number of rotatable bonds is 3. The highest BCUT2D eigenvalue weighted by Gasteiger charge is 2.30. The van der Waals surface area contributed by atoms with Crippen LogP contribution in [0.4, 0.5) is 0 Å². The van der Waals surface area contributed by atoms with E-state index in [0.29, 0.717) is 11.8 Å². The van der Waals surface area contributed by atoms with Crippen molar-refractivity contribution in [3.63, 3.8) is 0 Å². The summed E-state index contributed by atoms with van der Waals surface area (Å²) in [6.07, 6.45) is 1.95. The fraction of sp³-hybridized carbons (Fsp3) is 0.867. The molecule has 3 atom stereocenters. The molecule has 1 saturated heterocycles. The van der Waals surface area contributed by atoms with Crippen molar-refractivity contribution in [2.75, 3.05) is 13.1 Å². The molecule has 0 aromatic carbocycles. The van der Waals surface area contributed by atoms with Gasteiger partial charge in [0.15, 0.2) is 5.82 Å². The number of likely N-dealkylation sites (tertiary alicyclic amines) is 1. The van der Waals surface area contributed by atoms with E-state index < -0.39 is 0 Å². The minimum absolute atomic E-state index is 0.0917. The predicted molar refractivity (Wildman–Crippen MR) is 77.4 cm³/mol. The molecule has 5 heteroatoms. The Hall–Kier alpha value is -0.940. The standard InChI is InChI=1S/C15H27N3O2/c1-10(13-16-14(17-20-13)15(3,4)5)18-8-6-7-12(9-18)11(2)19/h10-12,19H,6-9H2,1-5H3. The molecule has 20 heavy (non-hydrogen) atoms. The van der Waals surface area contributed by atoms with E-state index in [1.54, 1.807) is 0 Å². The Morgan fingerprint density at radius 2 is 2.05 bits per heavy atom. The van der Waals surface area contributed by atoms with Crippen molar-refractivity contribution < 1.29 is 9.63 Å². The van der Waals surface area contributed by atoms with Crippen LogP contribution in [0.15, 0.2) is 4.52 Å². The van der Waals surface area contributed by atoms with Crippen LogP contribution < -0.4 is 0 Å². The Morgan fingerprint density at radius 3 is 2.60 bits per heavy atom. The predicted octanol–water partition coefficient (Wildman–Crippen LogP) is 2.52. The second kappa shape index (κ2) is 5.82. The molecule has 0 saturated carbocycles. The van der Waals surface area contributed by atoms with Crippen LogP contribution in [0.5, 0.6) is 0 Å². The van der Waals surface area contributed by atoms with Crippen LogP contribution in [0.1, 0.15) is 65.2 Å². The number of aromatic nitrogens is 2. The molecule has 1 fully saturated rings. The lowest BCUT2D eigenvalue weighted by Crippen LogP contribution is -2.40. The van der Waals surface area contributed by atoms with Gasteiger partial charge >= 0.3 is 0 Å². The normalized spacial score (nSPS) is 24.6. The van der Waals surface area contributed by atoms with E-state index in [1.165, 1.54) is 0 Å². The molecule has 0 radical (unpaired) electrons. The van der Waals surface area contributed by atoms with E-state index in [-0.39, 0.29) is 17.6 Å². The molecule has 1 aromatic heterocycles. The Bertz CT molecular complexity index is 437. The summed E-state index contributed by atoms with van der Waals surface area (Å²) in [7, 11) is 0. The van der Waals surface area contributed by atoms with Crippen LogP contribution in [-0.4, -0.2) is 39.3 Å². The average Bonchev–Trinajstić information content (AvgIpc) is 2.87. The number of aliphatic hydroxyl groups excluding tert-OH is 1. The number of hydrogen-bond acceptors (Lipinski definition) is 5. The third-order valence-corrected chi connectivity index (χ3v) is 4.19. The molecule has 114 valence electrons. The second-order valence-corrected chi connectivity index (χ2v) is 7.02. The first-order valence-corrected chi connectivity index (χ1v) is 7.55. The van der Waals surface area contributed by atoms with Crippen LogP contribution >= 0.6 is 0 Å². The Labute approximate surface area is 121 Å². The molecule has 0 aliphatic carbocycles. The van der Waals surface area contributed by atoms with Crippen molar-refractivity contribution in [2.45, 2.75) is 65.0 Å². The molecule has 0 bridgehead atoms. The van der Waals surface area contributed by atoms with Crippen LogP contribution in [0.25, 0.3) is 0 Å². The van der Waals surface area contributed by atoms with Crippen molar-refractivity contribution in [3.8, 4) is 0 Å². The van der Waals surface area contributed by atoms with Crippen molar-refractivity contribution in [2.24, 2.45) is 5.92 Å². The van der Waals surface area contributed by atoms with Gasteiger partial charge in [-0.2, -0.15) is 4.98 Å². The van der Waals surface area contributed by atoms with Crippen molar-refractivity contribution in [1.29, 1.82) is 0 Å². The molecule has 2 heterocycles. The molecule has 3 unspecified atom stereocenters. The average molecular weight is 281 g/mol. The van der Waals surface area contributed by atoms with E-state index >= 15 is 0 Å². The smallest absolute Gasteiger partial charge is 0.243 e. The summed E-state index contributed by atoms with van der Waals surface area (Å²) >= 11 is 0. The zero-order valence-corrected chi connectivity index (χ0v) is 13.3. The summed E-state index contributed by atoms with van der Waals surface area (Å²) in [5.74, 6) is 1.78. The van der Waals surface area contributed by atoms with Crippen molar-refractivity contribution in [1.82, 2.24) is 15.0 Å². The maximum Gasteiger partial charge on any atom is 0.243 e. The van der Waals surface area contributed by atoms with E-state index in [4.69, 9.17) is 4.52 Å². The topological polar surface area (TPSA) is 62.4 Å². The Balaban J connectivity index is 2.07. The third-order valence-electron chi connectivity index (χ3n) is 4.19. The van der Waals surface area contributed by atoms with Gasteiger partial charge in [-0.25, -0.2) is 0 Å². The largest absolute Gasteiger partial charge is 0.393 e. The maximum absolute atomic E-state index is 9.78. The van der Waals surface area contributed by atoms with Gasteiger partial charge in [-0.1, -0.05) is 25.9 Å². The molecule has 1 aliphatic heterocycles. The monoisotopic (exact) mass is 281 g/mol. The van der Waals surface area contributed by atoms with E-state index in [2.05, 4.69) is 42.7 Å². The third kappa shape index (κ3) is 3.38. The molecule has 5 nitrogen and oxygen atoms in total. The minimum atomic E-state index is -0.252. The maximum atomic E-state index is 9.78. The highest BCUT2D eigenvalue weighted by molar-refractivity contribution is 5.02. The van der Waals surface area contributed by atoms with Gasteiger partial charge in [0, 0.05) is 12.0 Å². The van der Waals surface area contributed by atoms with Gasteiger partial charge < -0.3 is 9.63 Å². The van der Waals surface area contributed by atoms with E-state index in [0.717, 1.165) is 31.8 Å². The number of nitrogens with zero attached hydrogens (tertiary/aromatic N) is 3. The zero-order valence-electron chi connectivity index (χ0n) is 13.3. The lowest BCUT2D eigenvalue weighted by atomic mass is 9.92. The number of aliphatic hydroxyl groups is 1. The molecule has 1 aliphatic rings. The van der Waals surface area contributed by atoms with Crippen LogP contribution in [-0.2, 0) is 5.41 Å². The van der Waals surface area contributed by atoms with Crippen molar-refractivity contribution >= 4 is 0 Å².